The van der Waals surface area contributed by atoms with Crippen LogP contribution >= 0.6 is 0 Å². The van der Waals surface area contributed by atoms with Crippen LogP contribution in [-0.2, 0) is 14.3 Å². The highest BCUT2D eigenvalue weighted by Crippen LogP contribution is 2.00. The molecule has 31 heavy (non-hydrogen) atoms. The number of carbonyl (C=O) groups is 2. The topological polar surface area (TPSA) is 86.7 Å². The smallest absolute Gasteiger partial charge is 0.302 e. The van der Waals surface area contributed by atoms with Crippen LogP contribution < -0.4 is 5.11 Å². The van der Waals surface area contributed by atoms with E-state index in [-0.39, 0.29) is 23.6 Å². The van der Waals surface area contributed by atoms with Gasteiger partial charge in [-0.3, -0.25) is 9.59 Å². The van der Waals surface area contributed by atoms with E-state index in [9.17, 15) is 14.7 Å². The molecule has 0 aromatic heterocycles. The molecule has 0 radical (unpaired) electrons. The Morgan fingerprint density at radius 3 is 1.52 bits per heavy atom. The van der Waals surface area contributed by atoms with Gasteiger partial charge in [0, 0.05) is 13.0 Å². The Morgan fingerprint density at radius 2 is 1.39 bits per heavy atom. The highest BCUT2D eigenvalue weighted by Gasteiger charge is 1.82. The fourth-order valence-corrected chi connectivity index (χ4v) is 1.70. The van der Waals surface area contributed by atoms with E-state index in [2.05, 4.69) is 37.6 Å². The van der Waals surface area contributed by atoms with Gasteiger partial charge in [0.15, 0.2) is 5.78 Å². The highest BCUT2D eigenvalue weighted by atomic mass is 16.5. The summed E-state index contributed by atoms with van der Waals surface area (Å²) in [4.78, 5) is 19.8. The van der Waals surface area contributed by atoms with Gasteiger partial charge in [-0.2, -0.15) is 0 Å². The summed E-state index contributed by atoms with van der Waals surface area (Å²) in [5, 5.41) is 18.0. The summed E-state index contributed by atoms with van der Waals surface area (Å²) in [6, 6.07) is 10.3. The number of rotatable bonds is 6. The van der Waals surface area contributed by atoms with Gasteiger partial charge in [0.25, 0.3) is 0 Å². The molecule has 1 N–H and O–H groups in total. The molecule has 0 fully saturated rings. The second-order valence-corrected chi connectivity index (χ2v) is 7.10. The minimum Gasteiger partial charge on any atom is -0.876 e. The molecule has 0 spiro atoms. The molecule has 5 heteroatoms. The summed E-state index contributed by atoms with van der Waals surface area (Å²) in [7, 11) is 0. The van der Waals surface area contributed by atoms with Crippen molar-refractivity contribution in [2.75, 3.05) is 6.61 Å². The third-order valence-corrected chi connectivity index (χ3v) is 2.90. The van der Waals surface area contributed by atoms with Gasteiger partial charge >= 0.3 is 5.97 Å². The van der Waals surface area contributed by atoms with Crippen LogP contribution in [0.2, 0.25) is 0 Å². The zero-order chi connectivity index (χ0) is 25.1. The number of esters is 1. The van der Waals surface area contributed by atoms with E-state index in [1.165, 1.54) is 58.4 Å². The number of aliphatic hydroxyl groups excluding tert-OH is 1. The van der Waals surface area contributed by atoms with E-state index < -0.39 is 0 Å². The third kappa shape index (κ3) is 65.5. The number of aryl methyl sites for hydroxylation is 1. The summed E-state index contributed by atoms with van der Waals surface area (Å²) < 4.78 is 4.40. The molecule has 0 saturated heterocycles. The minimum atomic E-state index is -0.211. The van der Waals surface area contributed by atoms with Gasteiger partial charge in [0.1, 0.15) is 0 Å². The number of benzene rings is 1. The van der Waals surface area contributed by atoms with Gasteiger partial charge in [0.05, 0.1) is 6.61 Å². The molecular formula is C26H47O5-. The molecule has 1 rings (SSSR count). The van der Waals surface area contributed by atoms with Crippen LogP contribution in [0.1, 0.15) is 93.1 Å². The predicted octanol–water partition coefficient (Wildman–Crippen LogP) is 5.77. The molecule has 0 amide bonds. The molecule has 1 aromatic carbocycles. The Labute approximate surface area is 191 Å². The molecule has 0 aliphatic heterocycles. The number of ketones is 1. The molecule has 5 nitrogen and oxygen atoms in total. The van der Waals surface area contributed by atoms with Crippen molar-refractivity contribution in [2.45, 2.75) is 101 Å². The molecule has 0 saturated carbocycles. The molecule has 182 valence electrons. The van der Waals surface area contributed by atoms with Gasteiger partial charge in [-0.25, -0.2) is 0 Å². The van der Waals surface area contributed by atoms with E-state index in [0.29, 0.717) is 6.61 Å². The Morgan fingerprint density at radius 1 is 0.968 bits per heavy atom. The lowest BCUT2D eigenvalue weighted by Gasteiger charge is -1.98. The summed E-state index contributed by atoms with van der Waals surface area (Å²) in [5.41, 5.74) is 1.32. The van der Waals surface area contributed by atoms with Gasteiger partial charge in [-0.05, 0) is 40.7 Å². The largest absolute Gasteiger partial charge is 0.876 e. The van der Waals surface area contributed by atoms with Crippen molar-refractivity contribution in [3.8, 4) is 0 Å². The minimum absolute atomic E-state index is 0.167. The monoisotopic (exact) mass is 439 g/mol. The lowest BCUT2D eigenvalue weighted by Crippen LogP contribution is -1.99. The summed E-state index contributed by atoms with van der Waals surface area (Å²) in [6.45, 7) is 16.4. The number of aliphatic hydroxyl groups is 1. The zero-order valence-corrected chi connectivity index (χ0v) is 21.4. The Bertz CT molecular complexity index is 511. The van der Waals surface area contributed by atoms with Crippen molar-refractivity contribution in [2.24, 2.45) is 0 Å². The van der Waals surface area contributed by atoms with Gasteiger partial charge in [-0.15, -0.1) is 5.76 Å². The molecule has 0 aliphatic carbocycles. The van der Waals surface area contributed by atoms with Crippen molar-refractivity contribution in [3.05, 3.63) is 47.7 Å². The number of ether oxygens (including phenoxy) is 1. The third-order valence-electron chi connectivity index (χ3n) is 2.90. The van der Waals surface area contributed by atoms with Crippen molar-refractivity contribution in [1.82, 2.24) is 0 Å². The van der Waals surface area contributed by atoms with Crippen LogP contribution in [0.25, 0.3) is 0 Å². The Kier molecular flexibility index (Phi) is 35.1. The van der Waals surface area contributed by atoms with Crippen molar-refractivity contribution in [3.63, 3.8) is 0 Å². The van der Waals surface area contributed by atoms with E-state index in [1.807, 2.05) is 18.2 Å². The van der Waals surface area contributed by atoms with Gasteiger partial charge in [0.2, 0.25) is 0 Å². The zero-order valence-electron chi connectivity index (χ0n) is 21.4. The van der Waals surface area contributed by atoms with Crippen LogP contribution in [0.4, 0.5) is 0 Å². The van der Waals surface area contributed by atoms with E-state index in [0.717, 1.165) is 6.08 Å². The second-order valence-electron chi connectivity index (χ2n) is 7.10. The van der Waals surface area contributed by atoms with Crippen LogP contribution in [0.5, 0.6) is 0 Å². The number of hydrogen-bond acceptors (Lipinski definition) is 5. The average molecular weight is 440 g/mol. The lowest BCUT2D eigenvalue weighted by atomic mass is 10.2. The van der Waals surface area contributed by atoms with E-state index >= 15 is 0 Å². The first-order valence-corrected chi connectivity index (χ1v) is 11.1. The summed E-state index contributed by atoms with van der Waals surface area (Å²) in [6.07, 6.45) is 7.90. The van der Waals surface area contributed by atoms with E-state index in [4.69, 9.17) is 5.11 Å². The second kappa shape index (κ2) is 30.1. The molecule has 0 aliphatic rings. The molecule has 0 atom stereocenters. The molecular weight excluding hydrogens is 392 g/mol. The maximum Gasteiger partial charge on any atom is 0.302 e. The molecule has 1 aromatic rings. The van der Waals surface area contributed by atoms with Gasteiger partial charge < -0.3 is 14.9 Å². The first-order chi connectivity index (χ1) is 14.4. The summed E-state index contributed by atoms with van der Waals surface area (Å²) in [5.74, 6) is -0.586. The summed E-state index contributed by atoms with van der Waals surface area (Å²) >= 11 is 0. The fourth-order valence-electron chi connectivity index (χ4n) is 1.70. The normalized spacial score (nSPS) is 9.32. The Hall–Kier alpha value is -2.14. The van der Waals surface area contributed by atoms with Crippen LogP contribution in [0.15, 0.2) is 42.2 Å². The fraction of sp³-hybridized carbons (Fsp3) is 0.615. The van der Waals surface area contributed by atoms with Crippen LogP contribution in [0, 0.1) is 6.92 Å². The molecule has 0 bridgehead atoms. The number of allylic oxidation sites excluding steroid dienone is 2. The van der Waals surface area contributed by atoms with E-state index in [1.54, 1.807) is 20.8 Å². The quantitative estimate of drug-likeness (QED) is 0.263. The predicted molar refractivity (Wildman–Crippen MR) is 130 cm³/mol. The maximum absolute atomic E-state index is 9.98. The first kappa shape index (κ1) is 36.2. The van der Waals surface area contributed by atoms with Crippen molar-refractivity contribution >= 4 is 11.8 Å². The highest BCUT2D eigenvalue weighted by molar-refractivity contribution is 5.87. The lowest BCUT2D eigenvalue weighted by molar-refractivity contribution is -0.301. The van der Waals surface area contributed by atoms with Crippen LogP contribution in [0.3, 0.4) is 0 Å². The van der Waals surface area contributed by atoms with Crippen molar-refractivity contribution < 1.29 is 24.5 Å². The van der Waals surface area contributed by atoms with Crippen molar-refractivity contribution in [1.29, 1.82) is 0 Å². The molecule has 0 unspecified atom stereocenters. The standard InChI is InChI=1S/C7H8.C7H16.C5H8O2.C4H8O2.C3H8O/c1-7-5-3-2-4-6-7;1-3-5-7-6-4-2;1-4(6)3-5(2)7;1-3-6-4(2)5;1-3(2)4/h2-6H,1H3;3-7H2,1-2H3;3,6H,1-2H3;3H2,1-2H3;3-4H,1-2H3/p-1/b;;4-3-;;. The number of unbranched alkanes of at least 4 members (excludes halogenated alkanes) is 4. The van der Waals surface area contributed by atoms with Gasteiger partial charge in [-0.1, -0.05) is 88.8 Å². The maximum atomic E-state index is 9.98. The molecule has 0 heterocycles. The Balaban J connectivity index is -0.000000149. The first-order valence-electron chi connectivity index (χ1n) is 11.1. The SMILES string of the molecule is CC(=O)/C=C(/C)[O-].CC(C)O.CCCCCCC.CCOC(C)=O.Cc1ccccc1. The average Bonchev–Trinajstić information content (AvgIpc) is 2.63. The van der Waals surface area contributed by atoms with Crippen LogP contribution in [-0.4, -0.2) is 29.6 Å². The number of hydrogen-bond donors (Lipinski definition) is 1. The number of carbonyl (C=O) groups excluding carboxylic acids is 2.